The van der Waals surface area contributed by atoms with E-state index in [2.05, 4.69) is 6.07 Å². The minimum absolute atomic E-state index is 0.443. The molecule has 0 amide bonds. The van der Waals surface area contributed by atoms with Crippen molar-refractivity contribution < 1.29 is 4.74 Å². The number of ether oxygens (including phenoxy) is 1. The molecule has 0 saturated heterocycles. The molecule has 0 saturated carbocycles. The predicted octanol–water partition coefficient (Wildman–Crippen LogP) is 2.70. The summed E-state index contributed by atoms with van der Waals surface area (Å²) in [6.07, 6.45) is 0.272. The van der Waals surface area contributed by atoms with Crippen LogP contribution in [0.2, 0.25) is 0 Å². The summed E-state index contributed by atoms with van der Waals surface area (Å²) in [6, 6.07) is 6.02. The van der Waals surface area contributed by atoms with Crippen LogP contribution in [0.4, 0.5) is 0 Å². The van der Waals surface area contributed by atoms with Crippen LogP contribution < -0.4 is 10.5 Å². The molecule has 0 spiro atoms. The van der Waals surface area contributed by atoms with Gasteiger partial charge < -0.3 is 4.74 Å². The van der Waals surface area contributed by atoms with Gasteiger partial charge in [0, 0.05) is 0 Å². The molecule has 0 aliphatic rings. The molecule has 0 aliphatic heterocycles. The number of rotatable bonds is 3. The molecule has 2 heteroatoms. The summed E-state index contributed by atoms with van der Waals surface area (Å²) >= 11 is 0. The van der Waals surface area contributed by atoms with Crippen molar-refractivity contribution in [2.45, 2.75) is 33.4 Å². The predicted molar refractivity (Wildman–Crippen MR) is 53.7 cm³/mol. The van der Waals surface area contributed by atoms with E-state index in [4.69, 9.17) is 10.5 Å². The van der Waals surface area contributed by atoms with Crippen LogP contribution in [0.3, 0.4) is 0 Å². The molecule has 71 valence electrons. The summed E-state index contributed by atoms with van der Waals surface area (Å²) in [5, 5.41) is 0. The standard InChI is InChI=1S/C11H16NO/c1-4-11(12)13-10-6-8(2)5-9(3)7-10/h5-7,11-12H,4H2,1-3H3. The average Bonchev–Trinajstić information content (AvgIpc) is 2.02. The highest BCUT2D eigenvalue weighted by atomic mass is 16.5. The molecular weight excluding hydrogens is 162 g/mol. The average molecular weight is 178 g/mol. The largest absolute Gasteiger partial charge is 0.474 e. The van der Waals surface area contributed by atoms with Crippen molar-refractivity contribution in [2.75, 3.05) is 0 Å². The van der Waals surface area contributed by atoms with Crippen molar-refractivity contribution >= 4 is 0 Å². The van der Waals surface area contributed by atoms with E-state index in [0.717, 1.165) is 5.75 Å². The lowest BCUT2D eigenvalue weighted by Crippen LogP contribution is -2.15. The van der Waals surface area contributed by atoms with Crippen molar-refractivity contribution in [3.05, 3.63) is 29.3 Å². The number of hydrogen-bond acceptors (Lipinski definition) is 1. The Morgan fingerprint density at radius 1 is 1.23 bits per heavy atom. The molecule has 1 aromatic carbocycles. The van der Waals surface area contributed by atoms with E-state index >= 15 is 0 Å². The Bertz CT molecular complexity index is 263. The van der Waals surface area contributed by atoms with E-state index in [1.165, 1.54) is 11.1 Å². The Morgan fingerprint density at radius 2 is 1.77 bits per heavy atom. The summed E-state index contributed by atoms with van der Waals surface area (Å²) < 4.78 is 5.39. The Labute approximate surface area is 79.7 Å². The first-order valence-corrected chi connectivity index (χ1v) is 4.58. The zero-order chi connectivity index (χ0) is 9.84. The Morgan fingerprint density at radius 3 is 2.23 bits per heavy atom. The number of benzene rings is 1. The lowest BCUT2D eigenvalue weighted by Gasteiger charge is -2.12. The van der Waals surface area contributed by atoms with Gasteiger partial charge in [0.2, 0.25) is 0 Å². The fourth-order valence-corrected chi connectivity index (χ4v) is 1.25. The molecule has 0 aromatic heterocycles. The van der Waals surface area contributed by atoms with Gasteiger partial charge in [0.25, 0.3) is 0 Å². The Kier molecular flexibility index (Phi) is 3.32. The third-order valence-corrected chi connectivity index (χ3v) is 1.84. The Balaban J connectivity index is 2.77. The van der Waals surface area contributed by atoms with E-state index in [9.17, 15) is 0 Å². The van der Waals surface area contributed by atoms with E-state index in [0.29, 0.717) is 6.42 Å². The molecule has 1 atom stereocenters. The zero-order valence-electron chi connectivity index (χ0n) is 8.42. The van der Waals surface area contributed by atoms with E-state index in [-0.39, 0.29) is 0 Å². The Hall–Kier alpha value is -1.02. The van der Waals surface area contributed by atoms with E-state index in [1.54, 1.807) is 0 Å². The van der Waals surface area contributed by atoms with Crippen LogP contribution in [0.25, 0.3) is 0 Å². The minimum atomic E-state index is -0.443. The van der Waals surface area contributed by atoms with Crippen LogP contribution >= 0.6 is 0 Å². The first-order valence-electron chi connectivity index (χ1n) is 4.58. The first kappa shape index (κ1) is 10.1. The van der Waals surface area contributed by atoms with Crippen molar-refractivity contribution in [3.63, 3.8) is 0 Å². The number of nitrogens with one attached hydrogen (secondary N) is 1. The highest BCUT2D eigenvalue weighted by molar-refractivity contribution is 5.33. The summed E-state index contributed by atoms with van der Waals surface area (Å²) in [6.45, 7) is 6.01. The summed E-state index contributed by atoms with van der Waals surface area (Å²) in [5.41, 5.74) is 9.83. The molecule has 0 fully saturated rings. The summed E-state index contributed by atoms with van der Waals surface area (Å²) in [4.78, 5) is 0. The maximum absolute atomic E-state index is 7.48. The molecule has 0 aliphatic carbocycles. The molecular formula is C11H16NO. The van der Waals surface area contributed by atoms with Gasteiger partial charge in [0.05, 0.1) is 0 Å². The number of hydrogen-bond donors (Lipinski definition) is 0. The molecule has 13 heavy (non-hydrogen) atoms. The first-order chi connectivity index (χ1) is 6.11. The molecule has 0 bridgehead atoms. The molecule has 1 radical (unpaired) electrons. The van der Waals surface area contributed by atoms with Crippen molar-refractivity contribution in [1.82, 2.24) is 5.73 Å². The normalized spacial score (nSPS) is 12.6. The van der Waals surface area contributed by atoms with Gasteiger partial charge in [-0.25, -0.2) is 5.73 Å². The van der Waals surface area contributed by atoms with E-state index in [1.807, 2.05) is 32.9 Å². The highest BCUT2D eigenvalue weighted by Crippen LogP contribution is 2.17. The lowest BCUT2D eigenvalue weighted by atomic mass is 10.1. The molecule has 1 unspecified atom stereocenters. The van der Waals surface area contributed by atoms with Gasteiger partial charge in [-0.1, -0.05) is 13.0 Å². The second-order valence-corrected chi connectivity index (χ2v) is 3.34. The van der Waals surface area contributed by atoms with E-state index < -0.39 is 6.23 Å². The molecule has 0 heterocycles. The fraction of sp³-hybridized carbons (Fsp3) is 0.455. The van der Waals surface area contributed by atoms with Gasteiger partial charge >= 0.3 is 0 Å². The highest BCUT2D eigenvalue weighted by Gasteiger charge is 2.02. The minimum Gasteiger partial charge on any atom is -0.474 e. The summed E-state index contributed by atoms with van der Waals surface area (Å²) in [7, 11) is 0. The topological polar surface area (TPSA) is 33.0 Å². The van der Waals surface area contributed by atoms with Crippen LogP contribution in [-0.2, 0) is 0 Å². The van der Waals surface area contributed by atoms with Gasteiger partial charge in [-0.05, 0) is 43.5 Å². The monoisotopic (exact) mass is 178 g/mol. The van der Waals surface area contributed by atoms with Crippen molar-refractivity contribution in [3.8, 4) is 5.75 Å². The molecule has 1 aromatic rings. The van der Waals surface area contributed by atoms with Gasteiger partial charge in [0.1, 0.15) is 5.75 Å². The molecule has 2 nitrogen and oxygen atoms in total. The van der Waals surface area contributed by atoms with Crippen molar-refractivity contribution in [2.24, 2.45) is 0 Å². The van der Waals surface area contributed by atoms with Crippen LogP contribution in [0.5, 0.6) is 5.75 Å². The maximum atomic E-state index is 7.48. The van der Waals surface area contributed by atoms with Gasteiger partial charge in [-0.3, -0.25) is 0 Å². The smallest absolute Gasteiger partial charge is 0.162 e. The fourth-order valence-electron chi connectivity index (χ4n) is 1.25. The van der Waals surface area contributed by atoms with Gasteiger partial charge in [-0.15, -0.1) is 0 Å². The zero-order valence-corrected chi connectivity index (χ0v) is 8.42. The lowest BCUT2D eigenvalue weighted by molar-refractivity contribution is 0.197. The van der Waals surface area contributed by atoms with Crippen LogP contribution in [-0.4, -0.2) is 6.23 Å². The molecule has 1 rings (SSSR count). The number of aryl methyl sites for hydroxylation is 2. The van der Waals surface area contributed by atoms with Crippen molar-refractivity contribution in [1.29, 1.82) is 0 Å². The van der Waals surface area contributed by atoms with Crippen LogP contribution in [0.15, 0.2) is 18.2 Å². The van der Waals surface area contributed by atoms with Crippen LogP contribution in [0, 0.1) is 13.8 Å². The maximum Gasteiger partial charge on any atom is 0.162 e. The second-order valence-electron chi connectivity index (χ2n) is 3.34. The second kappa shape index (κ2) is 4.28. The van der Waals surface area contributed by atoms with Gasteiger partial charge in [-0.2, -0.15) is 0 Å². The third kappa shape index (κ3) is 3.07. The summed E-state index contributed by atoms with van der Waals surface area (Å²) in [5.74, 6) is 0.805. The molecule has 1 N–H and O–H groups in total. The van der Waals surface area contributed by atoms with Gasteiger partial charge in [0.15, 0.2) is 6.23 Å². The SMILES string of the molecule is CCC([NH])Oc1cc(C)cc(C)c1. The third-order valence-electron chi connectivity index (χ3n) is 1.84. The van der Waals surface area contributed by atoms with Crippen LogP contribution in [0.1, 0.15) is 24.5 Å². The quantitative estimate of drug-likeness (QED) is 0.700.